The van der Waals surface area contributed by atoms with Gasteiger partial charge in [-0.15, -0.1) is 0 Å². The second kappa shape index (κ2) is 7.98. The average molecular weight is 322 g/mol. The molecular weight excluding hydrogens is 304 g/mol. The van der Waals surface area contributed by atoms with Crippen LogP contribution in [0.5, 0.6) is 0 Å². The van der Waals surface area contributed by atoms with E-state index in [0.29, 0.717) is 18.9 Å². The standard InChI is InChI=1S/C14H18F4N2O2/c1-9(3-2-6-21)20-13(22)19-8-10-4-5-11(15)7-12(10)14(16,17)18/h4-5,7,9,21H,2-3,6,8H2,1H3,(H2,19,20,22). The van der Waals surface area contributed by atoms with Crippen molar-refractivity contribution in [2.45, 2.75) is 38.5 Å². The summed E-state index contributed by atoms with van der Waals surface area (Å²) in [4.78, 5) is 11.6. The average Bonchev–Trinajstić information content (AvgIpc) is 2.42. The molecule has 1 rings (SSSR count). The maximum atomic E-state index is 12.9. The number of carbonyl (C=O) groups is 1. The molecule has 1 atom stereocenters. The van der Waals surface area contributed by atoms with Gasteiger partial charge in [0.05, 0.1) is 5.56 Å². The Morgan fingerprint density at radius 2 is 2.05 bits per heavy atom. The van der Waals surface area contributed by atoms with Crippen molar-refractivity contribution in [1.29, 1.82) is 0 Å². The van der Waals surface area contributed by atoms with Gasteiger partial charge in [0.25, 0.3) is 0 Å². The molecule has 8 heteroatoms. The molecule has 0 radical (unpaired) electrons. The number of hydrogen-bond acceptors (Lipinski definition) is 2. The number of halogens is 4. The van der Waals surface area contributed by atoms with Crippen molar-refractivity contribution in [3.05, 3.63) is 35.1 Å². The third-order valence-corrected chi connectivity index (χ3v) is 2.99. The predicted molar refractivity (Wildman–Crippen MR) is 72.6 cm³/mol. The molecule has 124 valence electrons. The highest BCUT2D eigenvalue weighted by molar-refractivity contribution is 5.74. The Labute approximate surface area is 125 Å². The van der Waals surface area contributed by atoms with Crippen LogP contribution in [0.4, 0.5) is 22.4 Å². The number of hydrogen-bond donors (Lipinski definition) is 3. The van der Waals surface area contributed by atoms with Crippen molar-refractivity contribution in [2.75, 3.05) is 6.61 Å². The molecule has 0 bridgehead atoms. The fourth-order valence-electron chi connectivity index (χ4n) is 1.89. The van der Waals surface area contributed by atoms with Crippen LogP contribution in [0.1, 0.15) is 30.9 Å². The molecule has 1 aromatic carbocycles. The minimum atomic E-state index is -4.69. The number of aliphatic hydroxyl groups is 1. The van der Waals surface area contributed by atoms with Gasteiger partial charge in [-0.25, -0.2) is 9.18 Å². The van der Waals surface area contributed by atoms with E-state index >= 15 is 0 Å². The minimum absolute atomic E-state index is 0.00182. The lowest BCUT2D eigenvalue weighted by molar-refractivity contribution is -0.138. The number of aliphatic hydroxyl groups excluding tert-OH is 1. The van der Waals surface area contributed by atoms with Crippen LogP contribution in [-0.2, 0) is 12.7 Å². The molecule has 0 aliphatic heterocycles. The second-order valence-corrected chi connectivity index (χ2v) is 4.89. The van der Waals surface area contributed by atoms with Crippen LogP contribution in [0.25, 0.3) is 0 Å². The maximum absolute atomic E-state index is 12.9. The first-order chi connectivity index (χ1) is 10.2. The summed E-state index contributed by atoms with van der Waals surface area (Å²) in [5.74, 6) is -0.988. The van der Waals surface area contributed by atoms with Gasteiger partial charge in [-0.2, -0.15) is 13.2 Å². The largest absolute Gasteiger partial charge is 0.416 e. The molecule has 0 aliphatic rings. The number of nitrogens with one attached hydrogen (secondary N) is 2. The van der Waals surface area contributed by atoms with Crippen molar-refractivity contribution in [1.82, 2.24) is 10.6 Å². The summed E-state index contributed by atoms with van der Waals surface area (Å²) in [6, 6.07) is 1.46. The minimum Gasteiger partial charge on any atom is -0.396 e. The SMILES string of the molecule is CC(CCCO)NC(=O)NCc1ccc(F)cc1C(F)(F)F. The monoisotopic (exact) mass is 322 g/mol. The van der Waals surface area contributed by atoms with E-state index in [1.165, 1.54) is 0 Å². The zero-order valence-corrected chi connectivity index (χ0v) is 12.0. The fraction of sp³-hybridized carbons (Fsp3) is 0.500. The summed E-state index contributed by atoms with van der Waals surface area (Å²) in [6.45, 7) is 1.35. The first-order valence-corrected chi connectivity index (χ1v) is 6.75. The molecule has 4 nitrogen and oxygen atoms in total. The van der Waals surface area contributed by atoms with Crippen molar-refractivity contribution < 1.29 is 27.5 Å². The van der Waals surface area contributed by atoms with Gasteiger partial charge in [-0.05, 0) is 37.5 Å². The van der Waals surface area contributed by atoms with Gasteiger partial charge in [0.2, 0.25) is 0 Å². The normalized spacial score (nSPS) is 12.8. The van der Waals surface area contributed by atoms with Crippen LogP contribution in [-0.4, -0.2) is 23.8 Å². The molecule has 0 spiro atoms. The van der Waals surface area contributed by atoms with E-state index in [9.17, 15) is 22.4 Å². The molecule has 1 unspecified atom stereocenters. The Balaban J connectivity index is 2.63. The molecule has 22 heavy (non-hydrogen) atoms. The molecule has 2 amide bonds. The van der Waals surface area contributed by atoms with E-state index in [4.69, 9.17) is 5.11 Å². The second-order valence-electron chi connectivity index (χ2n) is 4.89. The summed E-state index contributed by atoms with van der Waals surface area (Å²) < 4.78 is 51.3. The van der Waals surface area contributed by atoms with Crippen LogP contribution in [0.2, 0.25) is 0 Å². The molecule has 1 aromatic rings. The Bertz CT molecular complexity index is 506. The van der Waals surface area contributed by atoms with Gasteiger partial charge in [0.1, 0.15) is 5.82 Å². The Morgan fingerprint density at radius 3 is 2.64 bits per heavy atom. The van der Waals surface area contributed by atoms with Gasteiger partial charge >= 0.3 is 12.2 Å². The van der Waals surface area contributed by atoms with E-state index in [0.717, 1.165) is 12.1 Å². The van der Waals surface area contributed by atoms with Crippen molar-refractivity contribution >= 4 is 6.03 Å². The van der Waals surface area contributed by atoms with Gasteiger partial charge in [0, 0.05) is 19.2 Å². The third kappa shape index (κ3) is 5.88. The van der Waals surface area contributed by atoms with Crippen molar-refractivity contribution in [3.63, 3.8) is 0 Å². The van der Waals surface area contributed by atoms with E-state index in [-0.39, 0.29) is 24.8 Å². The maximum Gasteiger partial charge on any atom is 0.416 e. The number of carbonyl (C=O) groups excluding carboxylic acids is 1. The van der Waals surface area contributed by atoms with Crippen molar-refractivity contribution in [2.24, 2.45) is 0 Å². The lowest BCUT2D eigenvalue weighted by Crippen LogP contribution is -2.40. The number of alkyl halides is 3. The van der Waals surface area contributed by atoms with Crippen LogP contribution in [0.15, 0.2) is 18.2 Å². The Morgan fingerprint density at radius 1 is 1.36 bits per heavy atom. The molecule has 0 aromatic heterocycles. The van der Waals surface area contributed by atoms with Crippen LogP contribution in [0.3, 0.4) is 0 Å². The van der Waals surface area contributed by atoms with Crippen LogP contribution >= 0.6 is 0 Å². The van der Waals surface area contributed by atoms with Gasteiger partial charge in [-0.1, -0.05) is 6.07 Å². The highest BCUT2D eigenvalue weighted by atomic mass is 19.4. The molecule has 0 saturated carbocycles. The molecular formula is C14H18F4N2O2. The Hall–Kier alpha value is -1.83. The first kappa shape index (κ1) is 18.2. The van der Waals surface area contributed by atoms with E-state index in [1.807, 2.05) is 0 Å². The van der Waals surface area contributed by atoms with Gasteiger partial charge < -0.3 is 15.7 Å². The van der Waals surface area contributed by atoms with E-state index in [1.54, 1.807) is 6.92 Å². The van der Waals surface area contributed by atoms with Gasteiger partial charge in [0.15, 0.2) is 0 Å². The Kier molecular flexibility index (Phi) is 6.61. The molecule has 3 N–H and O–H groups in total. The number of benzene rings is 1. The lowest BCUT2D eigenvalue weighted by atomic mass is 10.1. The lowest BCUT2D eigenvalue weighted by Gasteiger charge is -2.16. The molecule has 0 saturated heterocycles. The zero-order chi connectivity index (χ0) is 16.8. The smallest absolute Gasteiger partial charge is 0.396 e. The first-order valence-electron chi connectivity index (χ1n) is 6.75. The van der Waals surface area contributed by atoms with Gasteiger partial charge in [-0.3, -0.25) is 0 Å². The molecule has 0 heterocycles. The van der Waals surface area contributed by atoms with Crippen LogP contribution < -0.4 is 10.6 Å². The highest BCUT2D eigenvalue weighted by Gasteiger charge is 2.33. The summed E-state index contributed by atoms with van der Waals surface area (Å²) in [6.07, 6.45) is -3.63. The summed E-state index contributed by atoms with van der Waals surface area (Å²) in [5.41, 5.74) is -1.33. The van der Waals surface area contributed by atoms with E-state index < -0.39 is 23.6 Å². The number of urea groups is 1. The van der Waals surface area contributed by atoms with Crippen molar-refractivity contribution in [3.8, 4) is 0 Å². The summed E-state index contributed by atoms with van der Waals surface area (Å²) in [5, 5.41) is 13.5. The zero-order valence-electron chi connectivity index (χ0n) is 12.0. The topological polar surface area (TPSA) is 61.4 Å². The summed E-state index contributed by atoms with van der Waals surface area (Å²) in [7, 11) is 0. The highest BCUT2D eigenvalue weighted by Crippen LogP contribution is 2.32. The van der Waals surface area contributed by atoms with Crippen LogP contribution in [0, 0.1) is 5.82 Å². The predicted octanol–water partition coefficient (Wildman–Crippen LogP) is 2.80. The fourth-order valence-corrected chi connectivity index (χ4v) is 1.89. The molecule has 0 fully saturated rings. The summed E-state index contributed by atoms with van der Waals surface area (Å²) >= 11 is 0. The van der Waals surface area contributed by atoms with E-state index in [2.05, 4.69) is 10.6 Å². The quantitative estimate of drug-likeness (QED) is 0.705. The molecule has 0 aliphatic carbocycles. The number of rotatable bonds is 6. The number of amides is 2. The third-order valence-electron chi connectivity index (χ3n) is 2.99.